The number of carbonyl (C=O) groups excluding carboxylic acids is 1. The molecule has 0 spiro atoms. The van der Waals surface area contributed by atoms with Gasteiger partial charge in [-0.2, -0.15) is 21.9 Å². The van der Waals surface area contributed by atoms with E-state index in [0.717, 1.165) is 18.2 Å². The number of benzene rings is 1. The lowest BCUT2D eigenvalue weighted by atomic mass is 10.0. The van der Waals surface area contributed by atoms with E-state index in [9.17, 15) is 21.6 Å². The third kappa shape index (κ3) is 2.90. The normalized spacial score (nSPS) is 15.9. The van der Waals surface area contributed by atoms with E-state index in [1.54, 1.807) is 0 Å². The Bertz CT molecular complexity index is 911. The van der Waals surface area contributed by atoms with E-state index in [1.165, 1.54) is 6.92 Å². The van der Waals surface area contributed by atoms with Crippen molar-refractivity contribution in [1.82, 2.24) is 0 Å². The molecule has 9 nitrogen and oxygen atoms in total. The maximum absolute atomic E-state index is 11.6. The largest absolute Gasteiger partial charge is 0.297 e. The SMILES string of the molecule is CC1=C(c2cc(S(=O)(=O)O)ccc2S(=O)(=O)O)C(=O)N=N1. The van der Waals surface area contributed by atoms with Crippen LogP contribution in [0, 0.1) is 0 Å². The Morgan fingerprint density at radius 3 is 2.05 bits per heavy atom. The van der Waals surface area contributed by atoms with E-state index in [-0.39, 0.29) is 11.3 Å². The van der Waals surface area contributed by atoms with Crippen molar-refractivity contribution in [1.29, 1.82) is 0 Å². The molecule has 0 radical (unpaired) electrons. The number of azo groups is 1. The first kappa shape index (κ1) is 15.4. The Labute approximate surface area is 119 Å². The molecule has 1 aliphatic heterocycles. The van der Waals surface area contributed by atoms with Crippen LogP contribution in [0.5, 0.6) is 0 Å². The topological polar surface area (TPSA) is 151 Å². The zero-order valence-corrected chi connectivity index (χ0v) is 12.0. The second-order valence-corrected chi connectivity index (χ2v) is 6.89. The molecule has 0 aromatic heterocycles. The van der Waals surface area contributed by atoms with E-state index >= 15 is 0 Å². The lowest BCUT2D eigenvalue weighted by Crippen LogP contribution is -2.08. The van der Waals surface area contributed by atoms with Crippen LogP contribution >= 0.6 is 0 Å². The molecule has 1 aromatic carbocycles. The Balaban J connectivity index is 2.85. The number of amides is 1. The zero-order chi connectivity index (χ0) is 16.0. The lowest BCUT2D eigenvalue weighted by Gasteiger charge is -2.09. The van der Waals surface area contributed by atoms with Gasteiger partial charge in [0, 0.05) is 5.56 Å². The van der Waals surface area contributed by atoms with Gasteiger partial charge in [-0.15, -0.1) is 5.11 Å². The molecule has 2 N–H and O–H groups in total. The van der Waals surface area contributed by atoms with Gasteiger partial charge in [0.25, 0.3) is 26.1 Å². The Morgan fingerprint density at radius 1 is 1.00 bits per heavy atom. The van der Waals surface area contributed by atoms with Crippen molar-refractivity contribution in [3.8, 4) is 0 Å². The number of hydrogen-bond donors (Lipinski definition) is 2. The third-order valence-corrected chi connectivity index (χ3v) is 4.42. The summed E-state index contributed by atoms with van der Waals surface area (Å²) >= 11 is 0. The van der Waals surface area contributed by atoms with E-state index in [4.69, 9.17) is 9.11 Å². The molecular formula is C10H8N2O7S2. The van der Waals surface area contributed by atoms with Gasteiger partial charge in [-0.05, 0) is 25.1 Å². The van der Waals surface area contributed by atoms with Crippen molar-refractivity contribution in [2.75, 3.05) is 0 Å². The Kier molecular flexibility index (Phi) is 3.53. The van der Waals surface area contributed by atoms with E-state index in [2.05, 4.69) is 10.2 Å². The van der Waals surface area contributed by atoms with Gasteiger partial charge in [0.1, 0.15) is 4.90 Å². The standard InChI is InChI=1S/C10H8N2O7S2/c1-5-9(10(13)12-11-5)7-4-6(20(14,15)16)2-3-8(7)21(17,18)19/h2-4H,1H3,(H,14,15,16)(H,17,18,19). The summed E-state index contributed by atoms with van der Waals surface area (Å²) in [6.07, 6.45) is 0. The van der Waals surface area contributed by atoms with Crippen molar-refractivity contribution >= 4 is 31.7 Å². The van der Waals surface area contributed by atoms with Gasteiger partial charge in [0.05, 0.1) is 16.2 Å². The van der Waals surface area contributed by atoms with Crippen LogP contribution in [0.25, 0.3) is 5.57 Å². The monoisotopic (exact) mass is 332 g/mol. The van der Waals surface area contributed by atoms with Crippen LogP contribution in [0.1, 0.15) is 12.5 Å². The van der Waals surface area contributed by atoms with Crippen LogP contribution in [0.15, 0.2) is 43.9 Å². The van der Waals surface area contributed by atoms with E-state index < -0.39 is 41.5 Å². The molecule has 0 aliphatic carbocycles. The predicted octanol–water partition coefficient (Wildman–Crippen LogP) is 0.903. The summed E-state index contributed by atoms with van der Waals surface area (Å²) in [5.41, 5.74) is -0.620. The van der Waals surface area contributed by atoms with Crippen molar-refractivity contribution in [3.05, 3.63) is 29.5 Å². The number of rotatable bonds is 3. The maximum atomic E-state index is 11.6. The predicted molar refractivity (Wildman–Crippen MR) is 68.5 cm³/mol. The molecular weight excluding hydrogens is 324 g/mol. The second kappa shape index (κ2) is 4.80. The first-order valence-corrected chi connectivity index (χ1v) is 8.16. The fourth-order valence-corrected chi connectivity index (χ4v) is 2.96. The molecule has 1 amide bonds. The summed E-state index contributed by atoms with van der Waals surface area (Å²) in [5.74, 6) is -0.884. The summed E-state index contributed by atoms with van der Waals surface area (Å²) < 4.78 is 63.1. The van der Waals surface area contributed by atoms with Crippen LogP contribution in [0.2, 0.25) is 0 Å². The number of nitrogens with zero attached hydrogens (tertiary/aromatic N) is 2. The molecule has 1 aromatic rings. The highest BCUT2D eigenvalue weighted by Crippen LogP contribution is 2.32. The Morgan fingerprint density at radius 2 is 1.62 bits per heavy atom. The minimum absolute atomic E-state index is 0.0531. The fraction of sp³-hybridized carbons (Fsp3) is 0.100. The first-order chi connectivity index (χ1) is 9.51. The maximum Gasteiger partial charge on any atom is 0.297 e. The number of hydrogen-bond acceptors (Lipinski definition) is 6. The van der Waals surface area contributed by atoms with Crippen molar-refractivity contribution < 1.29 is 30.7 Å². The van der Waals surface area contributed by atoms with Crippen molar-refractivity contribution in [2.45, 2.75) is 16.7 Å². The van der Waals surface area contributed by atoms with Crippen molar-refractivity contribution in [2.24, 2.45) is 10.2 Å². The highest BCUT2D eigenvalue weighted by atomic mass is 32.2. The van der Waals surface area contributed by atoms with Crippen LogP contribution in [-0.2, 0) is 25.0 Å². The summed E-state index contributed by atoms with van der Waals surface area (Å²) in [6.45, 7) is 1.36. The van der Waals surface area contributed by atoms with Crippen molar-refractivity contribution in [3.63, 3.8) is 0 Å². The summed E-state index contributed by atoms with van der Waals surface area (Å²) in [6, 6.07) is 2.30. The lowest BCUT2D eigenvalue weighted by molar-refractivity contribution is -0.112. The molecule has 1 heterocycles. The molecule has 11 heteroatoms. The molecule has 0 bridgehead atoms. The van der Waals surface area contributed by atoms with Gasteiger partial charge in [0.15, 0.2) is 0 Å². The number of carbonyl (C=O) groups is 1. The van der Waals surface area contributed by atoms with Crippen LogP contribution in [0.4, 0.5) is 0 Å². The average molecular weight is 332 g/mol. The second-order valence-electron chi connectivity index (χ2n) is 4.07. The zero-order valence-electron chi connectivity index (χ0n) is 10.4. The summed E-state index contributed by atoms with van der Waals surface area (Å²) in [7, 11) is -9.35. The molecule has 0 saturated carbocycles. The van der Waals surface area contributed by atoms with E-state index in [0.29, 0.717) is 0 Å². The Hall–Kier alpha value is -1.95. The van der Waals surface area contributed by atoms with Gasteiger partial charge >= 0.3 is 0 Å². The van der Waals surface area contributed by atoms with Crippen LogP contribution in [-0.4, -0.2) is 31.8 Å². The molecule has 1 aliphatic rings. The molecule has 21 heavy (non-hydrogen) atoms. The molecule has 0 unspecified atom stereocenters. The fourth-order valence-electron chi connectivity index (χ4n) is 1.78. The minimum atomic E-state index is -4.73. The smallest absolute Gasteiger partial charge is 0.282 e. The third-order valence-electron chi connectivity index (χ3n) is 2.66. The summed E-state index contributed by atoms with van der Waals surface area (Å²) in [5, 5.41) is 6.67. The van der Waals surface area contributed by atoms with Crippen LogP contribution in [0.3, 0.4) is 0 Å². The highest BCUT2D eigenvalue weighted by molar-refractivity contribution is 7.86. The molecule has 2 rings (SSSR count). The molecule has 112 valence electrons. The minimum Gasteiger partial charge on any atom is -0.282 e. The number of allylic oxidation sites excluding steroid dienone is 1. The van der Waals surface area contributed by atoms with Gasteiger partial charge in [0.2, 0.25) is 0 Å². The van der Waals surface area contributed by atoms with Gasteiger partial charge in [-0.3, -0.25) is 13.9 Å². The molecule has 0 fully saturated rings. The quantitative estimate of drug-likeness (QED) is 0.780. The van der Waals surface area contributed by atoms with Gasteiger partial charge < -0.3 is 0 Å². The van der Waals surface area contributed by atoms with Gasteiger partial charge in [-0.1, -0.05) is 0 Å². The van der Waals surface area contributed by atoms with Gasteiger partial charge in [-0.25, -0.2) is 0 Å². The highest BCUT2D eigenvalue weighted by Gasteiger charge is 2.28. The average Bonchev–Trinajstić information content (AvgIpc) is 2.66. The van der Waals surface area contributed by atoms with E-state index in [1.807, 2.05) is 0 Å². The van der Waals surface area contributed by atoms with Crippen LogP contribution < -0.4 is 0 Å². The molecule has 0 atom stereocenters. The molecule has 0 saturated heterocycles. The first-order valence-electron chi connectivity index (χ1n) is 5.28. The summed E-state index contributed by atoms with van der Waals surface area (Å²) in [4.78, 5) is 10.3.